The molecule has 2 N–H and O–H groups in total. The molecule has 15 heavy (non-hydrogen) atoms. The normalized spacial score (nSPS) is 17.9. The molecule has 1 saturated heterocycles. The summed E-state index contributed by atoms with van der Waals surface area (Å²) in [6.07, 6.45) is 0. The largest absolute Gasteiger partial charge is 0.349 e. The van der Waals surface area contributed by atoms with Crippen molar-refractivity contribution in [2.75, 3.05) is 39.4 Å². The van der Waals surface area contributed by atoms with Crippen molar-refractivity contribution in [3.63, 3.8) is 0 Å². The number of halogens is 1. The first kappa shape index (κ1) is 12.4. The predicted molar refractivity (Wildman–Crippen MR) is 62.7 cm³/mol. The lowest BCUT2D eigenvalue weighted by Gasteiger charge is -2.35. The van der Waals surface area contributed by atoms with E-state index in [0.717, 1.165) is 26.2 Å². The molecule has 1 rings (SSSR count). The van der Waals surface area contributed by atoms with Gasteiger partial charge in [-0.25, -0.2) is 4.39 Å². The maximum atomic E-state index is 12.1. The van der Waals surface area contributed by atoms with Gasteiger partial charge in [-0.3, -0.25) is 15.7 Å². The fourth-order valence-electron chi connectivity index (χ4n) is 1.50. The van der Waals surface area contributed by atoms with Gasteiger partial charge in [-0.1, -0.05) is 0 Å². The van der Waals surface area contributed by atoms with Crippen molar-refractivity contribution in [3.8, 4) is 0 Å². The molecular weight excluding hydrogens is 215 g/mol. The summed E-state index contributed by atoms with van der Waals surface area (Å²) in [5, 5.41) is 15.9. The minimum atomic E-state index is -0.300. The smallest absolute Gasteiger partial charge is 0.162 e. The van der Waals surface area contributed by atoms with Crippen LogP contribution in [-0.4, -0.2) is 59.4 Å². The zero-order valence-corrected chi connectivity index (χ0v) is 9.74. The summed E-state index contributed by atoms with van der Waals surface area (Å²) >= 11 is 1.18. The van der Waals surface area contributed by atoms with Crippen molar-refractivity contribution in [1.29, 1.82) is 10.8 Å². The van der Waals surface area contributed by atoms with Crippen LogP contribution in [0.15, 0.2) is 0 Å². The van der Waals surface area contributed by atoms with Crippen LogP contribution < -0.4 is 0 Å². The first-order valence-corrected chi connectivity index (χ1v) is 5.80. The highest BCUT2D eigenvalue weighted by atomic mass is 32.2. The SMILES string of the molecule is CC(=N)SC(=N)N1CCN(CCF)CC1. The minimum Gasteiger partial charge on any atom is -0.349 e. The molecule has 0 aromatic rings. The Morgan fingerprint density at radius 3 is 2.33 bits per heavy atom. The summed E-state index contributed by atoms with van der Waals surface area (Å²) in [5.41, 5.74) is 0. The Hall–Kier alpha value is -0.620. The number of piperazine rings is 1. The van der Waals surface area contributed by atoms with Crippen LogP contribution in [0.4, 0.5) is 4.39 Å². The van der Waals surface area contributed by atoms with E-state index in [1.165, 1.54) is 11.8 Å². The van der Waals surface area contributed by atoms with E-state index in [1.54, 1.807) is 6.92 Å². The molecule has 0 aromatic carbocycles. The van der Waals surface area contributed by atoms with Crippen molar-refractivity contribution >= 4 is 22.0 Å². The monoisotopic (exact) mass is 232 g/mol. The van der Waals surface area contributed by atoms with Crippen LogP contribution in [0.1, 0.15) is 6.92 Å². The maximum absolute atomic E-state index is 12.1. The molecule has 1 aliphatic rings. The lowest BCUT2D eigenvalue weighted by atomic mass is 10.3. The quantitative estimate of drug-likeness (QED) is 0.556. The Morgan fingerprint density at radius 1 is 1.27 bits per heavy atom. The third kappa shape index (κ3) is 4.17. The van der Waals surface area contributed by atoms with Crippen molar-refractivity contribution in [2.24, 2.45) is 0 Å². The van der Waals surface area contributed by atoms with Crippen molar-refractivity contribution < 1.29 is 4.39 Å². The van der Waals surface area contributed by atoms with E-state index >= 15 is 0 Å². The summed E-state index contributed by atoms with van der Waals surface area (Å²) in [6, 6.07) is 0. The predicted octanol–water partition coefficient (Wildman–Crippen LogP) is 1.24. The third-order valence-electron chi connectivity index (χ3n) is 2.31. The maximum Gasteiger partial charge on any atom is 0.162 e. The van der Waals surface area contributed by atoms with Crippen molar-refractivity contribution in [1.82, 2.24) is 9.80 Å². The molecule has 0 atom stereocenters. The highest BCUT2D eigenvalue weighted by molar-refractivity contribution is 8.26. The molecule has 4 nitrogen and oxygen atoms in total. The van der Waals surface area contributed by atoms with E-state index in [0.29, 0.717) is 16.8 Å². The van der Waals surface area contributed by atoms with Gasteiger partial charge in [0.1, 0.15) is 6.67 Å². The summed E-state index contributed by atoms with van der Waals surface area (Å²) in [5.74, 6) is 0. The number of nitrogens with zero attached hydrogens (tertiary/aromatic N) is 2. The molecule has 0 saturated carbocycles. The fourth-order valence-corrected chi connectivity index (χ4v) is 2.11. The van der Waals surface area contributed by atoms with Crippen LogP contribution in [0.25, 0.3) is 0 Å². The lowest BCUT2D eigenvalue weighted by Crippen LogP contribution is -2.48. The van der Waals surface area contributed by atoms with Crippen LogP contribution >= 0.6 is 11.8 Å². The molecular formula is C9H17FN4S. The van der Waals surface area contributed by atoms with E-state index in [1.807, 2.05) is 4.90 Å². The molecule has 0 radical (unpaired) electrons. The first-order chi connectivity index (χ1) is 7.13. The Labute approximate surface area is 93.8 Å². The molecule has 1 fully saturated rings. The number of alkyl halides is 1. The van der Waals surface area contributed by atoms with Gasteiger partial charge in [0.05, 0.1) is 5.04 Å². The Kier molecular flexibility index (Phi) is 5.04. The van der Waals surface area contributed by atoms with E-state index in [9.17, 15) is 4.39 Å². The van der Waals surface area contributed by atoms with Gasteiger partial charge < -0.3 is 4.90 Å². The standard InChI is InChI=1S/C9H17FN4S/c1-8(11)15-9(12)14-6-4-13(3-2-10)5-7-14/h11-12H,2-7H2,1H3. The Morgan fingerprint density at radius 2 is 1.87 bits per heavy atom. The second-order valence-corrected chi connectivity index (χ2v) is 4.68. The highest BCUT2D eigenvalue weighted by Gasteiger charge is 2.18. The number of hydrogen-bond donors (Lipinski definition) is 2. The van der Waals surface area contributed by atoms with E-state index < -0.39 is 0 Å². The zero-order chi connectivity index (χ0) is 11.3. The molecule has 0 amide bonds. The van der Waals surface area contributed by atoms with Crippen LogP contribution in [0.3, 0.4) is 0 Å². The highest BCUT2D eigenvalue weighted by Crippen LogP contribution is 2.11. The van der Waals surface area contributed by atoms with E-state index in [2.05, 4.69) is 4.90 Å². The molecule has 0 bridgehead atoms. The molecule has 6 heteroatoms. The van der Waals surface area contributed by atoms with Crippen LogP contribution in [0.2, 0.25) is 0 Å². The summed E-state index contributed by atoms with van der Waals surface area (Å²) < 4.78 is 12.1. The van der Waals surface area contributed by atoms with Crippen molar-refractivity contribution in [3.05, 3.63) is 0 Å². The van der Waals surface area contributed by atoms with Gasteiger partial charge in [0, 0.05) is 32.7 Å². The topological polar surface area (TPSA) is 54.2 Å². The summed E-state index contributed by atoms with van der Waals surface area (Å²) in [4.78, 5) is 4.00. The molecule has 1 heterocycles. The van der Waals surface area contributed by atoms with Gasteiger partial charge >= 0.3 is 0 Å². The molecule has 1 aliphatic heterocycles. The zero-order valence-electron chi connectivity index (χ0n) is 8.92. The average Bonchev–Trinajstić information content (AvgIpc) is 2.18. The fraction of sp³-hybridized carbons (Fsp3) is 0.778. The second kappa shape index (κ2) is 6.07. The van der Waals surface area contributed by atoms with Gasteiger partial charge in [0.2, 0.25) is 0 Å². The molecule has 0 unspecified atom stereocenters. The van der Waals surface area contributed by atoms with Crippen LogP contribution in [-0.2, 0) is 0 Å². The molecule has 0 spiro atoms. The van der Waals surface area contributed by atoms with E-state index in [4.69, 9.17) is 10.8 Å². The van der Waals surface area contributed by atoms with Crippen molar-refractivity contribution in [2.45, 2.75) is 6.92 Å². The molecule has 0 aliphatic carbocycles. The number of rotatable bonds is 2. The minimum absolute atomic E-state index is 0.300. The Bertz CT molecular complexity index is 238. The number of nitrogens with one attached hydrogen (secondary N) is 2. The number of amidine groups is 1. The van der Waals surface area contributed by atoms with Gasteiger partial charge in [0.25, 0.3) is 0 Å². The second-order valence-electron chi connectivity index (χ2n) is 3.48. The summed E-state index contributed by atoms with van der Waals surface area (Å²) in [7, 11) is 0. The number of thioether (sulfide) groups is 1. The van der Waals surface area contributed by atoms with E-state index in [-0.39, 0.29) is 6.67 Å². The van der Waals surface area contributed by atoms with Crippen LogP contribution in [0.5, 0.6) is 0 Å². The lowest BCUT2D eigenvalue weighted by molar-refractivity contribution is 0.172. The average molecular weight is 232 g/mol. The van der Waals surface area contributed by atoms with Gasteiger partial charge in [-0.05, 0) is 18.7 Å². The van der Waals surface area contributed by atoms with Gasteiger partial charge in [-0.2, -0.15) is 0 Å². The third-order valence-corrected chi connectivity index (χ3v) is 3.07. The van der Waals surface area contributed by atoms with Gasteiger partial charge in [0.15, 0.2) is 5.17 Å². The van der Waals surface area contributed by atoms with Gasteiger partial charge in [-0.15, -0.1) is 0 Å². The molecule has 86 valence electrons. The first-order valence-electron chi connectivity index (χ1n) is 4.98. The molecule has 0 aromatic heterocycles. The summed E-state index contributed by atoms with van der Waals surface area (Å²) in [6.45, 7) is 5.02. The Balaban J connectivity index is 2.30. The number of hydrogen-bond acceptors (Lipinski definition) is 4. The van der Waals surface area contributed by atoms with Crippen LogP contribution in [0, 0.1) is 10.8 Å².